The number of carbonyl (C=O) groups is 3. The van der Waals surface area contributed by atoms with Gasteiger partial charge in [0.05, 0.1) is 6.42 Å². The van der Waals surface area contributed by atoms with Crippen molar-refractivity contribution in [2.45, 2.75) is 31.7 Å². The number of aliphatic carboxylic acids is 2. The highest BCUT2D eigenvalue weighted by atomic mass is 79.9. The molecule has 0 unspecified atom stereocenters. The van der Waals surface area contributed by atoms with Crippen LogP contribution in [0.1, 0.15) is 24.8 Å². The molecule has 0 bridgehead atoms. The van der Waals surface area contributed by atoms with Crippen molar-refractivity contribution in [1.29, 1.82) is 0 Å². The van der Waals surface area contributed by atoms with Gasteiger partial charge in [0.1, 0.15) is 6.04 Å². The van der Waals surface area contributed by atoms with Crippen molar-refractivity contribution in [2.75, 3.05) is 0 Å². The maximum Gasteiger partial charge on any atom is 0.326 e. The Kier molecular flexibility index (Phi) is 6.87. The van der Waals surface area contributed by atoms with E-state index in [-0.39, 0.29) is 25.7 Å². The van der Waals surface area contributed by atoms with E-state index in [4.69, 9.17) is 10.2 Å². The molecular weight excluding hydrogens is 342 g/mol. The Morgan fingerprint density at radius 1 is 1.24 bits per heavy atom. The predicted octanol–water partition coefficient (Wildman–Crippen LogP) is 1.82. The van der Waals surface area contributed by atoms with E-state index in [2.05, 4.69) is 21.2 Å². The monoisotopic (exact) mass is 357 g/mol. The van der Waals surface area contributed by atoms with Crippen LogP contribution in [0.5, 0.6) is 0 Å². The van der Waals surface area contributed by atoms with Crippen molar-refractivity contribution >= 4 is 33.8 Å². The highest BCUT2D eigenvalue weighted by Gasteiger charge is 2.20. The van der Waals surface area contributed by atoms with Gasteiger partial charge in [0.2, 0.25) is 5.91 Å². The molecule has 0 aromatic heterocycles. The maximum absolute atomic E-state index is 11.8. The Morgan fingerprint density at radius 3 is 2.52 bits per heavy atom. The molecule has 0 radical (unpaired) electrons. The number of carboxylic acid groups (broad SMARTS) is 2. The lowest BCUT2D eigenvalue weighted by molar-refractivity contribution is -0.142. The van der Waals surface area contributed by atoms with Crippen molar-refractivity contribution in [3.05, 3.63) is 34.3 Å². The Hall–Kier alpha value is -1.89. The van der Waals surface area contributed by atoms with Crippen LogP contribution in [0.2, 0.25) is 0 Å². The molecule has 1 rings (SSSR count). The van der Waals surface area contributed by atoms with E-state index in [0.29, 0.717) is 0 Å². The SMILES string of the molecule is O=C(O)CCC[C@@H](NC(=O)Cc1cccc(Br)c1)C(=O)O. The number of halogens is 1. The quantitative estimate of drug-likeness (QED) is 0.658. The number of rotatable bonds is 8. The summed E-state index contributed by atoms with van der Waals surface area (Å²) in [7, 11) is 0. The number of hydrogen-bond acceptors (Lipinski definition) is 3. The fourth-order valence-electron chi connectivity index (χ4n) is 1.79. The van der Waals surface area contributed by atoms with Gasteiger partial charge in [-0.1, -0.05) is 28.1 Å². The van der Waals surface area contributed by atoms with Crippen LogP contribution in [-0.4, -0.2) is 34.1 Å². The lowest BCUT2D eigenvalue weighted by Crippen LogP contribution is -2.41. The first-order valence-electron chi connectivity index (χ1n) is 6.37. The highest BCUT2D eigenvalue weighted by molar-refractivity contribution is 9.10. The fraction of sp³-hybridized carbons (Fsp3) is 0.357. The van der Waals surface area contributed by atoms with E-state index in [1.807, 2.05) is 6.07 Å². The van der Waals surface area contributed by atoms with E-state index >= 15 is 0 Å². The van der Waals surface area contributed by atoms with Crippen LogP contribution < -0.4 is 5.32 Å². The standard InChI is InChI=1S/C14H16BrNO5/c15-10-4-1-3-9(7-10)8-12(17)16-11(14(20)21)5-2-6-13(18)19/h1,3-4,7,11H,2,5-6,8H2,(H,16,17)(H,18,19)(H,20,21)/t11-/m1/s1. The Labute approximate surface area is 130 Å². The maximum atomic E-state index is 11.8. The minimum Gasteiger partial charge on any atom is -0.481 e. The van der Waals surface area contributed by atoms with Gasteiger partial charge in [-0.05, 0) is 30.5 Å². The van der Waals surface area contributed by atoms with Crippen molar-refractivity contribution in [2.24, 2.45) is 0 Å². The minimum atomic E-state index is -1.16. The summed E-state index contributed by atoms with van der Waals surface area (Å²) in [5.41, 5.74) is 0.761. The topological polar surface area (TPSA) is 104 Å². The summed E-state index contributed by atoms with van der Waals surface area (Å²) in [4.78, 5) is 33.3. The molecule has 1 amide bonds. The lowest BCUT2D eigenvalue weighted by atomic mass is 10.1. The molecule has 1 atom stereocenters. The molecule has 21 heavy (non-hydrogen) atoms. The van der Waals surface area contributed by atoms with E-state index in [1.165, 1.54) is 0 Å². The van der Waals surface area contributed by atoms with Gasteiger partial charge in [0, 0.05) is 10.9 Å². The van der Waals surface area contributed by atoms with Gasteiger partial charge < -0.3 is 15.5 Å². The van der Waals surface area contributed by atoms with Gasteiger partial charge in [0.25, 0.3) is 0 Å². The van der Waals surface area contributed by atoms with Crippen LogP contribution in [0.15, 0.2) is 28.7 Å². The molecule has 0 saturated carbocycles. The van der Waals surface area contributed by atoms with Gasteiger partial charge in [-0.3, -0.25) is 9.59 Å². The van der Waals surface area contributed by atoms with Crippen LogP contribution in [0, 0.1) is 0 Å². The van der Waals surface area contributed by atoms with E-state index in [1.54, 1.807) is 18.2 Å². The average molecular weight is 358 g/mol. The Balaban J connectivity index is 2.52. The number of benzene rings is 1. The molecule has 0 fully saturated rings. The van der Waals surface area contributed by atoms with Gasteiger partial charge in [0.15, 0.2) is 0 Å². The molecular formula is C14H16BrNO5. The van der Waals surface area contributed by atoms with Crippen molar-refractivity contribution in [3.8, 4) is 0 Å². The second-order valence-corrected chi connectivity index (χ2v) is 5.47. The normalized spacial score (nSPS) is 11.7. The van der Waals surface area contributed by atoms with Crippen LogP contribution in [-0.2, 0) is 20.8 Å². The summed E-state index contributed by atoms with van der Waals surface area (Å²) >= 11 is 3.29. The number of hydrogen-bond donors (Lipinski definition) is 3. The molecule has 0 heterocycles. The second kappa shape index (κ2) is 8.41. The molecule has 1 aromatic carbocycles. The summed E-state index contributed by atoms with van der Waals surface area (Å²) in [5.74, 6) is -2.56. The fourth-order valence-corrected chi connectivity index (χ4v) is 2.24. The minimum absolute atomic E-state index is 0.0716. The van der Waals surface area contributed by atoms with Gasteiger partial charge >= 0.3 is 11.9 Å². The average Bonchev–Trinajstić information content (AvgIpc) is 2.36. The summed E-state index contributed by atoms with van der Waals surface area (Å²) in [6.45, 7) is 0. The molecule has 6 nitrogen and oxygen atoms in total. The molecule has 0 spiro atoms. The van der Waals surface area contributed by atoms with Crippen LogP contribution in [0.4, 0.5) is 0 Å². The zero-order valence-electron chi connectivity index (χ0n) is 11.2. The van der Waals surface area contributed by atoms with Crippen molar-refractivity contribution in [1.82, 2.24) is 5.32 Å². The number of amides is 1. The van der Waals surface area contributed by atoms with Crippen LogP contribution in [0.25, 0.3) is 0 Å². The summed E-state index contributed by atoms with van der Waals surface area (Å²) in [5, 5.41) is 20.0. The van der Waals surface area contributed by atoms with E-state index < -0.39 is 23.9 Å². The predicted molar refractivity (Wildman–Crippen MR) is 78.9 cm³/mol. The zero-order chi connectivity index (χ0) is 15.8. The Bertz CT molecular complexity index is 532. The van der Waals surface area contributed by atoms with Crippen LogP contribution in [0.3, 0.4) is 0 Å². The van der Waals surface area contributed by atoms with Gasteiger partial charge in [-0.2, -0.15) is 0 Å². The largest absolute Gasteiger partial charge is 0.481 e. The third kappa shape index (κ3) is 6.89. The molecule has 3 N–H and O–H groups in total. The van der Waals surface area contributed by atoms with Crippen LogP contribution >= 0.6 is 15.9 Å². The highest BCUT2D eigenvalue weighted by Crippen LogP contribution is 2.12. The van der Waals surface area contributed by atoms with Gasteiger partial charge in [-0.25, -0.2) is 4.79 Å². The van der Waals surface area contributed by atoms with Gasteiger partial charge in [-0.15, -0.1) is 0 Å². The molecule has 7 heteroatoms. The summed E-state index contributed by atoms with van der Waals surface area (Å²) < 4.78 is 0.837. The zero-order valence-corrected chi connectivity index (χ0v) is 12.8. The molecule has 0 aliphatic rings. The molecule has 0 aliphatic heterocycles. The molecule has 0 aliphatic carbocycles. The van der Waals surface area contributed by atoms with Crippen molar-refractivity contribution < 1.29 is 24.6 Å². The second-order valence-electron chi connectivity index (χ2n) is 4.55. The summed E-state index contributed by atoms with van der Waals surface area (Å²) in [6, 6.07) is 6.09. The number of nitrogens with one attached hydrogen (secondary N) is 1. The first kappa shape index (κ1) is 17.2. The van der Waals surface area contributed by atoms with E-state index in [9.17, 15) is 14.4 Å². The third-order valence-electron chi connectivity index (χ3n) is 2.77. The van der Waals surface area contributed by atoms with E-state index in [0.717, 1.165) is 10.0 Å². The first-order chi connectivity index (χ1) is 9.88. The molecule has 1 aromatic rings. The number of carboxylic acids is 2. The third-order valence-corrected chi connectivity index (χ3v) is 3.26. The molecule has 0 saturated heterocycles. The first-order valence-corrected chi connectivity index (χ1v) is 7.16. The lowest BCUT2D eigenvalue weighted by Gasteiger charge is -2.14. The smallest absolute Gasteiger partial charge is 0.326 e. The number of carbonyl (C=O) groups excluding carboxylic acids is 1. The molecule has 114 valence electrons. The Morgan fingerprint density at radius 2 is 1.95 bits per heavy atom. The van der Waals surface area contributed by atoms with Crippen molar-refractivity contribution in [3.63, 3.8) is 0 Å². The summed E-state index contributed by atoms with van der Waals surface area (Å²) in [6.07, 6.45) is 0.239.